The maximum absolute atomic E-state index is 12.8. The molecular weight excluding hydrogens is 368 g/mol. The summed E-state index contributed by atoms with van der Waals surface area (Å²) in [6, 6.07) is 8.36. The number of carbonyl (C=O) groups is 1. The Kier molecular flexibility index (Phi) is 5.78. The van der Waals surface area contributed by atoms with Crippen molar-refractivity contribution in [1.82, 2.24) is 20.0 Å². The third kappa shape index (κ3) is 3.98. The van der Waals surface area contributed by atoms with E-state index in [1.807, 2.05) is 17.8 Å². The van der Waals surface area contributed by atoms with Crippen LogP contribution in [0.15, 0.2) is 29.2 Å². The molecular formula is C22H30N4OS. The number of fused-ring (bicyclic) bond motifs is 3. The van der Waals surface area contributed by atoms with Crippen molar-refractivity contribution in [2.45, 2.75) is 37.3 Å². The highest BCUT2D eigenvalue weighted by molar-refractivity contribution is 7.98. The molecule has 2 aliphatic heterocycles. The summed E-state index contributed by atoms with van der Waals surface area (Å²) in [5, 5.41) is 7.66. The zero-order chi connectivity index (χ0) is 19.7. The van der Waals surface area contributed by atoms with E-state index in [0.717, 1.165) is 41.8 Å². The number of likely N-dealkylation sites (tertiary alicyclic amines) is 1. The predicted molar refractivity (Wildman–Crippen MR) is 115 cm³/mol. The Balaban J connectivity index is 1.36. The van der Waals surface area contributed by atoms with E-state index < -0.39 is 0 Å². The molecule has 1 aromatic carbocycles. The minimum atomic E-state index is -0.0442. The van der Waals surface area contributed by atoms with E-state index >= 15 is 0 Å². The molecule has 2 aliphatic rings. The van der Waals surface area contributed by atoms with E-state index in [1.165, 1.54) is 30.0 Å². The van der Waals surface area contributed by atoms with Crippen LogP contribution in [0.2, 0.25) is 0 Å². The summed E-state index contributed by atoms with van der Waals surface area (Å²) in [4.78, 5) is 16.6. The van der Waals surface area contributed by atoms with Gasteiger partial charge in [-0.25, -0.2) is 0 Å². The summed E-state index contributed by atoms with van der Waals surface area (Å²) in [6.45, 7) is 8.80. The Morgan fingerprint density at radius 2 is 2.00 bits per heavy atom. The van der Waals surface area contributed by atoms with Crippen LogP contribution in [0.5, 0.6) is 0 Å². The number of thioether (sulfide) groups is 1. The quantitative estimate of drug-likeness (QED) is 0.779. The first kappa shape index (κ1) is 19.5. The molecule has 3 heterocycles. The molecule has 6 heteroatoms. The van der Waals surface area contributed by atoms with Crippen molar-refractivity contribution in [2.75, 3.05) is 26.2 Å². The summed E-state index contributed by atoms with van der Waals surface area (Å²) in [5.74, 6) is 2.31. The van der Waals surface area contributed by atoms with Gasteiger partial charge in [0.25, 0.3) is 5.91 Å². The fourth-order valence-electron chi connectivity index (χ4n) is 4.72. The molecule has 0 bridgehead atoms. The van der Waals surface area contributed by atoms with Gasteiger partial charge in [-0.05, 0) is 37.3 Å². The standard InChI is InChI=1S/C22H30N4OS/c1-15-11-16(2)13-26(12-15)10-6-9-23-22(27)20-18-14-28-19-8-5-4-7-17(19)21(18)25(3)24-20/h4-5,7-8,15-16H,6,9-14H2,1-3H3,(H,23,27). The van der Waals surface area contributed by atoms with Crippen LogP contribution in [0.4, 0.5) is 0 Å². The molecule has 1 saturated heterocycles. The molecule has 1 amide bonds. The van der Waals surface area contributed by atoms with Crippen molar-refractivity contribution in [1.29, 1.82) is 0 Å². The van der Waals surface area contributed by atoms with Gasteiger partial charge in [-0.3, -0.25) is 9.48 Å². The maximum Gasteiger partial charge on any atom is 0.272 e. The highest BCUT2D eigenvalue weighted by atomic mass is 32.2. The van der Waals surface area contributed by atoms with Crippen molar-refractivity contribution < 1.29 is 4.79 Å². The molecule has 4 rings (SSSR count). The zero-order valence-corrected chi connectivity index (χ0v) is 17.9. The van der Waals surface area contributed by atoms with Gasteiger partial charge >= 0.3 is 0 Å². The Morgan fingerprint density at radius 3 is 2.79 bits per heavy atom. The van der Waals surface area contributed by atoms with Crippen LogP contribution in [0, 0.1) is 11.8 Å². The molecule has 1 N–H and O–H groups in total. The number of hydrogen-bond donors (Lipinski definition) is 1. The third-order valence-corrected chi connectivity index (χ3v) is 6.86. The molecule has 2 atom stereocenters. The second kappa shape index (κ2) is 8.29. The molecule has 2 aromatic rings. The number of amides is 1. The first-order chi connectivity index (χ1) is 13.5. The SMILES string of the molecule is CC1CC(C)CN(CCCNC(=O)c2nn(C)c3c2CSc2ccccc2-3)C1. The molecule has 0 aliphatic carbocycles. The largest absolute Gasteiger partial charge is 0.351 e. The molecule has 0 saturated carbocycles. The van der Waals surface area contributed by atoms with Gasteiger partial charge in [0, 0.05) is 48.5 Å². The lowest BCUT2D eigenvalue weighted by Gasteiger charge is -2.34. The van der Waals surface area contributed by atoms with E-state index in [-0.39, 0.29) is 5.91 Å². The van der Waals surface area contributed by atoms with E-state index in [4.69, 9.17) is 0 Å². The van der Waals surface area contributed by atoms with Crippen molar-refractivity contribution in [2.24, 2.45) is 18.9 Å². The normalized spacial score (nSPS) is 21.8. The van der Waals surface area contributed by atoms with Crippen molar-refractivity contribution >= 4 is 17.7 Å². The van der Waals surface area contributed by atoms with Gasteiger partial charge in [0.05, 0.1) is 5.69 Å². The zero-order valence-electron chi connectivity index (χ0n) is 17.1. The highest BCUT2D eigenvalue weighted by Gasteiger charge is 2.27. The van der Waals surface area contributed by atoms with E-state index in [0.29, 0.717) is 12.2 Å². The smallest absolute Gasteiger partial charge is 0.272 e. The summed E-state index contributed by atoms with van der Waals surface area (Å²) in [6.07, 6.45) is 2.32. The fourth-order valence-corrected chi connectivity index (χ4v) is 5.79. The third-order valence-electron chi connectivity index (χ3n) is 5.76. The van der Waals surface area contributed by atoms with Crippen molar-refractivity contribution in [3.63, 3.8) is 0 Å². The number of hydrogen-bond acceptors (Lipinski definition) is 4. The number of benzene rings is 1. The maximum atomic E-state index is 12.8. The van der Waals surface area contributed by atoms with Crippen molar-refractivity contribution in [3.05, 3.63) is 35.5 Å². The molecule has 1 fully saturated rings. The lowest BCUT2D eigenvalue weighted by molar-refractivity contribution is 0.0941. The predicted octanol–water partition coefficient (Wildman–Crippen LogP) is 3.79. The second-order valence-corrected chi connectivity index (χ2v) is 9.42. The van der Waals surface area contributed by atoms with Gasteiger partial charge in [-0.1, -0.05) is 32.0 Å². The first-order valence-corrected chi connectivity index (χ1v) is 11.3. The van der Waals surface area contributed by atoms with Crippen LogP contribution in [-0.2, 0) is 12.8 Å². The Hall–Kier alpha value is -1.79. The number of aromatic nitrogens is 2. The molecule has 0 radical (unpaired) electrons. The monoisotopic (exact) mass is 398 g/mol. The van der Waals surface area contributed by atoms with Crippen molar-refractivity contribution in [3.8, 4) is 11.3 Å². The molecule has 28 heavy (non-hydrogen) atoms. The fraction of sp³-hybridized carbons (Fsp3) is 0.545. The average molecular weight is 399 g/mol. The Labute approximate surface area is 171 Å². The highest BCUT2D eigenvalue weighted by Crippen LogP contribution is 2.42. The van der Waals surface area contributed by atoms with E-state index in [9.17, 15) is 4.79 Å². The van der Waals surface area contributed by atoms with Gasteiger partial charge in [-0.15, -0.1) is 11.8 Å². The summed E-state index contributed by atoms with van der Waals surface area (Å²) < 4.78 is 1.86. The molecule has 2 unspecified atom stereocenters. The van der Waals surface area contributed by atoms with Crippen LogP contribution in [-0.4, -0.2) is 46.8 Å². The van der Waals surface area contributed by atoms with Crippen LogP contribution in [0.25, 0.3) is 11.3 Å². The molecule has 5 nitrogen and oxygen atoms in total. The average Bonchev–Trinajstić information content (AvgIpc) is 3.01. The van der Waals surface area contributed by atoms with Gasteiger partial charge in [0.1, 0.15) is 0 Å². The summed E-state index contributed by atoms with van der Waals surface area (Å²) in [7, 11) is 1.93. The number of nitrogens with zero attached hydrogens (tertiary/aromatic N) is 3. The molecule has 150 valence electrons. The molecule has 0 spiro atoms. The number of carbonyl (C=O) groups excluding carboxylic acids is 1. The second-order valence-electron chi connectivity index (χ2n) is 8.40. The van der Waals surface area contributed by atoms with E-state index in [1.54, 1.807) is 11.8 Å². The number of aryl methyl sites for hydroxylation is 1. The Bertz CT molecular complexity index is 852. The minimum Gasteiger partial charge on any atom is -0.351 e. The van der Waals surface area contributed by atoms with Gasteiger partial charge in [0.2, 0.25) is 0 Å². The summed E-state index contributed by atoms with van der Waals surface area (Å²) >= 11 is 1.78. The lowest BCUT2D eigenvalue weighted by atomic mass is 9.92. The first-order valence-electron chi connectivity index (χ1n) is 10.3. The Morgan fingerprint density at radius 1 is 1.25 bits per heavy atom. The van der Waals surface area contributed by atoms with Crippen LogP contribution < -0.4 is 5.32 Å². The molecule has 1 aromatic heterocycles. The van der Waals surface area contributed by atoms with E-state index in [2.05, 4.69) is 47.4 Å². The number of rotatable bonds is 5. The van der Waals surface area contributed by atoms with Crippen LogP contribution in [0.3, 0.4) is 0 Å². The van der Waals surface area contributed by atoms with Gasteiger partial charge in [0.15, 0.2) is 5.69 Å². The number of nitrogens with one attached hydrogen (secondary N) is 1. The van der Waals surface area contributed by atoms with Crippen LogP contribution in [0.1, 0.15) is 42.7 Å². The van der Waals surface area contributed by atoms with Gasteiger partial charge in [-0.2, -0.15) is 5.10 Å². The minimum absolute atomic E-state index is 0.0442. The number of piperidine rings is 1. The lowest BCUT2D eigenvalue weighted by Crippen LogP contribution is -2.40. The van der Waals surface area contributed by atoms with Gasteiger partial charge < -0.3 is 10.2 Å². The summed E-state index contributed by atoms with van der Waals surface area (Å²) in [5.41, 5.74) is 3.90. The topological polar surface area (TPSA) is 50.2 Å². The van der Waals surface area contributed by atoms with Crippen LogP contribution >= 0.6 is 11.8 Å².